The third kappa shape index (κ3) is 3.89. The second-order valence-corrected chi connectivity index (χ2v) is 8.41. The highest BCUT2D eigenvalue weighted by Crippen LogP contribution is 2.19. The zero-order valence-electron chi connectivity index (χ0n) is 14.8. The lowest BCUT2D eigenvalue weighted by Crippen LogP contribution is -2.49. The number of rotatable bonds is 3. The highest BCUT2D eigenvalue weighted by atomic mass is 32.2. The van der Waals surface area contributed by atoms with E-state index >= 15 is 0 Å². The number of sulfonamides is 1. The predicted octanol–water partition coefficient (Wildman–Crippen LogP) is -0.415. The van der Waals surface area contributed by atoms with E-state index in [0.717, 1.165) is 13.1 Å². The largest absolute Gasteiger partial charge is 0.340 e. The molecule has 2 heterocycles. The maximum absolute atomic E-state index is 12.8. The molecule has 2 fully saturated rings. The Balaban J connectivity index is 1.69. The van der Waals surface area contributed by atoms with Crippen LogP contribution in [-0.4, -0.2) is 86.7 Å². The van der Waals surface area contributed by atoms with E-state index in [1.54, 1.807) is 21.9 Å². The van der Waals surface area contributed by atoms with Crippen molar-refractivity contribution in [3.63, 3.8) is 0 Å². The first kappa shape index (κ1) is 18.8. The van der Waals surface area contributed by atoms with Gasteiger partial charge in [0.1, 0.15) is 0 Å². The summed E-state index contributed by atoms with van der Waals surface area (Å²) in [4.78, 5) is 27.4. The average Bonchev–Trinajstić information content (AvgIpc) is 2.68. The summed E-state index contributed by atoms with van der Waals surface area (Å²) < 4.78 is 26.9. The van der Waals surface area contributed by atoms with E-state index in [1.807, 2.05) is 0 Å². The number of benzene rings is 1. The number of piperazine rings is 2. The second-order valence-electron chi connectivity index (χ2n) is 6.48. The first-order valence-corrected chi connectivity index (χ1v) is 10.2. The predicted molar refractivity (Wildman–Crippen MR) is 96.2 cm³/mol. The lowest BCUT2D eigenvalue weighted by molar-refractivity contribution is -0.129. The molecule has 1 aromatic carbocycles. The number of carbonyl (C=O) groups excluding carboxylic acids is 2. The van der Waals surface area contributed by atoms with Gasteiger partial charge in [-0.05, 0) is 24.3 Å². The SMILES string of the molecule is CC(=O)N1CCN(S(=O)(=O)c2ccc(C(=O)N3CCNCC3)cc2)CC1. The first-order chi connectivity index (χ1) is 12.4. The molecule has 26 heavy (non-hydrogen) atoms. The van der Waals surface area contributed by atoms with Crippen LogP contribution in [0.25, 0.3) is 0 Å². The van der Waals surface area contributed by atoms with Crippen LogP contribution in [0.2, 0.25) is 0 Å². The van der Waals surface area contributed by atoms with Gasteiger partial charge < -0.3 is 15.1 Å². The lowest BCUT2D eigenvalue weighted by atomic mass is 10.2. The highest BCUT2D eigenvalue weighted by molar-refractivity contribution is 7.89. The molecule has 0 atom stereocenters. The molecule has 2 aliphatic rings. The summed E-state index contributed by atoms with van der Waals surface area (Å²) in [6, 6.07) is 6.12. The van der Waals surface area contributed by atoms with Gasteiger partial charge in [-0.25, -0.2) is 8.42 Å². The van der Waals surface area contributed by atoms with Crippen LogP contribution in [0.15, 0.2) is 29.2 Å². The smallest absolute Gasteiger partial charge is 0.253 e. The van der Waals surface area contributed by atoms with Crippen molar-refractivity contribution in [2.45, 2.75) is 11.8 Å². The Bertz CT molecular complexity index is 764. The molecule has 2 saturated heterocycles. The summed E-state index contributed by atoms with van der Waals surface area (Å²) in [7, 11) is -3.62. The number of nitrogens with zero attached hydrogens (tertiary/aromatic N) is 3. The van der Waals surface area contributed by atoms with Crippen LogP contribution in [0, 0.1) is 0 Å². The molecule has 1 N–H and O–H groups in total. The van der Waals surface area contributed by atoms with E-state index in [0.29, 0.717) is 31.7 Å². The van der Waals surface area contributed by atoms with E-state index in [1.165, 1.54) is 23.4 Å². The number of amides is 2. The Morgan fingerprint density at radius 2 is 1.46 bits per heavy atom. The number of carbonyl (C=O) groups is 2. The van der Waals surface area contributed by atoms with Crippen LogP contribution in [0.5, 0.6) is 0 Å². The minimum absolute atomic E-state index is 0.0437. The fourth-order valence-corrected chi connectivity index (χ4v) is 4.63. The van der Waals surface area contributed by atoms with Crippen molar-refractivity contribution < 1.29 is 18.0 Å². The Morgan fingerprint density at radius 1 is 0.885 bits per heavy atom. The summed E-state index contributed by atoms with van der Waals surface area (Å²) in [6.45, 7) is 5.68. The normalized spacial score (nSPS) is 19.4. The van der Waals surface area contributed by atoms with E-state index in [9.17, 15) is 18.0 Å². The number of nitrogens with one attached hydrogen (secondary N) is 1. The summed E-state index contributed by atoms with van der Waals surface area (Å²) in [5, 5.41) is 3.19. The summed E-state index contributed by atoms with van der Waals surface area (Å²) in [5.74, 6) is -0.122. The summed E-state index contributed by atoms with van der Waals surface area (Å²) >= 11 is 0. The molecule has 0 radical (unpaired) electrons. The third-order valence-electron chi connectivity index (χ3n) is 4.83. The highest BCUT2D eigenvalue weighted by Gasteiger charge is 2.29. The van der Waals surface area contributed by atoms with Crippen molar-refractivity contribution in [2.24, 2.45) is 0 Å². The van der Waals surface area contributed by atoms with E-state index in [2.05, 4.69) is 5.32 Å². The monoisotopic (exact) mass is 380 g/mol. The van der Waals surface area contributed by atoms with Gasteiger partial charge in [-0.15, -0.1) is 0 Å². The van der Waals surface area contributed by atoms with E-state index in [4.69, 9.17) is 0 Å². The molecule has 0 aliphatic carbocycles. The minimum Gasteiger partial charge on any atom is -0.340 e. The van der Waals surface area contributed by atoms with Crippen LogP contribution in [-0.2, 0) is 14.8 Å². The standard InChI is InChI=1S/C17H24N4O4S/c1-14(22)19-10-12-21(13-11-19)26(24,25)16-4-2-15(3-5-16)17(23)20-8-6-18-7-9-20/h2-5,18H,6-13H2,1H3. The van der Waals surface area contributed by atoms with Crippen molar-refractivity contribution in [3.05, 3.63) is 29.8 Å². The van der Waals surface area contributed by atoms with Gasteiger partial charge >= 0.3 is 0 Å². The van der Waals surface area contributed by atoms with Gasteiger partial charge in [0.25, 0.3) is 5.91 Å². The maximum Gasteiger partial charge on any atom is 0.253 e. The molecular weight excluding hydrogens is 356 g/mol. The minimum atomic E-state index is -3.62. The van der Waals surface area contributed by atoms with Crippen molar-refractivity contribution >= 4 is 21.8 Å². The molecule has 0 spiro atoms. The van der Waals surface area contributed by atoms with Crippen LogP contribution in [0.4, 0.5) is 0 Å². The Labute approximate surface area is 153 Å². The van der Waals surface area contributed by atoms with Gasteiger partial charge in [0.05, 0.1) is 4.90 Å². The van der Waals surface area contributed by atoms with E-state index in [-0.39, 0.29) is 29.8 Å². The fraction of sp³-hybridized carbons (Fsp3) is 0.529. The second kappa shape index (κ2) is 7.73. The van der Waals surface area contributed by atoms with Crippen LogP contribution in [0.3, 0.4) is 0 Å². The average molecular weight is 380 g/mol. The molecule has 9 heteroatoms. The van der Waals surface area contributed by atoms with Gasteiger partial charge in [0.15, 0.2) is 0 Å². The maximum atomic E-state index is 12.8. The molecule has 0 saturated carbocycles. The topological polar surface area (TPSA) is 90.0 Å². The Kier molecular flexibility index (Phi) is 5.59. The van der Waals surface area contributed by atoms with Crippen molar-refractivity contribution in [3.8, 4) is 0 Å². The third-order valence-corrected chi connectivity index (χ3v) is 6.74. The van der Waals surface area contributed by atoms with Crippen LogP contribution in [0.1, 0.15) is 17.3 Å². The molecule has 0 aromatic heterocycles. The van der Waals surface area contributed by atoms with Crippen molar-refractivity contribution in [1.29, 1.82) is 0 Å². The summed E-state index contributed by atoms with van der Waals surface area (Å²) in [5.41, 5.74) is 0.493. The Morgan fingerprint density at radius 3 is 2.00 bits per heavy atom. The quantitative estimate of drug-likeness (QED) is 0.770. The zero-order valence-corrected chi connectivity index (χ0v) is 15.7. The molecule has 2 amide bonds. The molecule has 8 nitrogen and oxygen atoms in total. The van der Waals surface area contributed by atoms with Gasteiger partial charge in [-0.2, -0.15) is 4.31 Å². The van der Waals surface area contributed by atoms with Gasteiger partial charge in [-0.3, -0.25) is 9.59 Å². The molecular formula is C17H24N4O4S. The molecule has 2 aliphatic heterocycles. The zero-order chi connectivity index (χ0) is 18.7. The molecule has 0 bridgehead atoms. The van der Waals surface area contributed by atoms with Crippen molar-refractivity contribution in [1.82, 2.24) is 19.4 Å². The molecule has 0 unspecified atom stereocenters. The molecule has 1 aromatic rings. The molecule has 3 rings (SSSR count). The van der Waals surface area contributed by atoms with Crippen LogP contribution >= 0.6 is 0 Å². The van der Waals surface area contributed by atoms with Crippen LogP contribution < -0.4 is 5.32 Å². The van der Waals surface area contributed by atoms with Crippen molar-refractivity contribution in [2.75, 3.05) is 52.4 Å². The Hall–Kier alpha value is -1.97. The number of hydrogen-bond donors (Lipinski definition) is 1. The molecule has 142 valence electrons. The fourth-order valence-electron chi connectivity index (χ4n) is 3.21. The first-order valence-electron chi connectivity index (χ1n) is 8.75. The summed E-state index contributed by atoms with van der Waals surface area (Å²) in [6.07, 6.45) is 0. The lowest BCUT2D eigenvalue weighted by Gasteiger charge is -2.33. The van der Waals surface area contributed by atoms with E-state index < -0.39 is 10.0 Å². The van der Waals surface area contributed by atoms with Gasteiger partial charge in [0, 0.05) is 64.8 Å². The van der Waals surface area contributed by atoms with Gasteiger partial charge in [-0.1, -0.05) is 0 Å². The van der Waals surface area contributed by atoms with Gasteiger partial charge in [0.2, 0.25) is 15.9 Å². The number of hydrogen-bond acceptors (Lipinski definition) is 5.